The number of nitro benzene ring substituents is 1. The summed E-state index contributed by atoms with van der Waals surface area (Å²) in [5.74, 6) is 0.679. The zero-order valence-electron chi connectivity index (χ0n) is 15.7. The van der Waals surface area contributed by atoms with Crippen molar-refractivity contribution in [3.8, 4) is 11.5 Å². The van der Waals surface area contributed by atoms with Crippen molar-refractivity contribution < 1.29 is 27.6 Å². The predicted molar refractivity (Wildman–Crippen MR) is 105 cm³/mol. The van der Waals surface area contributed by atoms with Crippen LogP contribution in [0.5, 0.6) is 11.5 Å². The van der Waals surface area contributed by atoms with E-state index in [-0.39, 0.29) is 17.4 Å². The minimum absolute atomic E-state index is 0.108. The molecule has 0 radical (unpaired) electrons. The molecule has 2 aromatic rings. The Hall–Kier alpha value is -2.98. The Morgan fingerprint density at radius 1 is 1.00 bits per heavy atom. The second kappa shape index (κ2) is 8.58. The van der Waals surface area contributed by atoms with Crippen LogP contribution in [0.3, 0.4) is 0 Å². The summed E-state index contributed by atoms with van der Waals surface area (Å²) in [4.78, 5) is 22.0. The molecule has 1 aliphatic rings. The van der Waals surface area contributed by atoms with Crippen molar-refractivity contribution in [2.75, 3.05) is 19.3 Å². The minimum atomic E-state index is -3.16. The SMILES string of the molecule is CS(=O)(=O)N1CCC(c2ccc(OC(=O)Oc3ccc([N+](=O)[O-])cc3)cc2)CC1. The van der Waals surface area contributed by atoms with Gasteiger partial charge in [0.25, 0.3) is 5.69 Å². The molecule has 0 saturated carbocycles. The Bertz CT molecular complexity index is 980. The van der Waals surface area contributed by atoms with E-state index in [0.717, 1.165) is 18.4 Å². The highest BCUT2D eigenvalue weighted by Gasteiger charge is 2.25. The molecule has 10 heteroatoms. The highest BCUT2D eigenvalue weighted by molar-refractivity contribution is 7.88. The van der Waals surface area contributed by atoms with Crippen LogP contribution in [0, 0.1) is 10.1 Å². The molecule has 1 saturated heterocycles. The Labute approximate surface area is 168 Å². The summed E-state index contributed by atoms with van der Waals surface area (Å²) in [6, 6.07) is 12.1. The number of carbonyl (C=O) groups is 1. The van der Waals surface area contributed by atoms with Crippen molar-refractivity contribution in [2.24, 2.45) is 0 Å². The van der Waals surface area contributed by atoms with Crippen molar-refractivity contribution in [2.45, 2.75) is 18.8 Å². The molecule has 154 valence electrons. The fraction of sp³-hybridized carbons (Fsp3) is 0.316. The molecule has 0 aliphatic carbocycles. The Morgan fingerprint density at radius 3 is 1.93 bits per heavy atom. The first-order valence-electron chi connectivity index (χ1n) is 8.91. The molecule has 0 bridgehead atoms. The molecule has 0 amide bonds. The number of piperidine rings is 1. The van der Waals surface area contributed by atoms with E-state index in [1.807, 2.05) is 12.1 Å². The van der Waals surface area contributed by atoms with Gasteiger partial charge in [-0.3, -0.25) is 10.1 Å². The highest BCUT2D eigenvalue weighted by atomic mass is 32.2. The van der Waals surface area contributed by atoms with E-state index in [4.69, 9.17) is 9.47 Å². The fourth-order valence-corrected chi connectivity index (χ4v) is 4.05. The summed E-state index contributed by atoms with van der Waals surface area (Å²) in [6.45, 7) is 0.979. The molecule has 3 rings (SSSR count). The number of non-ortho nitro benzene ring substituents is 1. The van der Waals surface area contributed by atoms with Crippen LogP contribution in [0.1, 0.15) is 24.3 Å². The lowest BCUT2D eigenvalue weighted by Crippen LogP contribution is -2.37. The van der Waals surface area contributed by atoms with Gasteiger partial charge in [0.05, 0.1) is 11.2 Å². The van der Waals surface area contributed by atoms with Gasteiger partial charge in [-0.2, -0.15) is 0 Å². The lowest BCUT2D eigenvalue weighted by atomic mass is 9.90. The number of nitrogens with zero attached hydrogens (tertiary/aromatic N) is 2. The van der Waals surface area contributed by atoms with Crippen molar-refractivity contribution >= 4 is 21.9 Å². The van der Waals surface area contributed by atoms with Crippen LogP contribution in [-0.2, 0) is 10.0 Å². The van der Waals surface area contributed by atoms with Crippen LogP contribution in [0.2, 0.25) is 0 Å². The molecule has 2 aromatic carbocycles. The zero-order chi connectivity index (χ0) is 21.0. The van der Waals surface area contributed by atoms with Crippen molar-refractivity contribution in [1.29, 1.82) is 0 Å². The lowest BCUT2D eigenvalue weighted by molar-refractivity contribution is -0.384. The van der Waals surface area contributed by atoms with Gasteiger partial charge in [-0.1, -0.05) is 12.1 Å². The summed E-state index contributed by atoms with van der Waals surface area (Å²) in [6.07, 6.45) is 1.73. The van der Waals surface area contributed by atoms with Crippen LogP contribution in [0.15, 0.2) is 48.5 Å². The summed E-state index contributed by atoms with van der Waals surface area (Å²) in [5.41, 5.74) is 0.943. The Morgan fingerprint density at radius 2 is 1.48 bits per heavy atom. The molecule has 0 spiro atoms. The van der Waals surface area contributed by atoms with Gasteiger partial charge in [0.1, 0.15) is 11.5 Å². The summed E-state index contributed by atoms with van der Waals surface area (Å²) < 4.78 is 34.8. The van der Waals surface area contributed by atoms with Crippen LogP contribution >= 0.6 is 0 Å². The predicted octanol–water partition coefficient (Wildman–Crippen LogP) is 3.31. The Balaban J connectivity index is 1.54. The minimum Gasteiger partial charge on any atom is -0.395 e. The Kier molecular flexibility index (Phi) is 6.14. The van der Waals surface area contributed by atoms with Gasteiger partial charge in [0.15, 0.2) is 0 Å². The van der Waals surface area contributed by atoms with Crippen LogP contribution < -0.4 is 9.47 Å². The summed E-state index contributed by atoms with van der Waals surface area (Å²) in [7, 11) is -3.16. The maximum Gasteiger partial charge on any atom is 0.519 e. The summed E-state index contributed by atoms with van der Waals surface area (Å²) in [5, 5.41) is 10.6. The van der Waals surface area contributed by atoms with E-state index in [9.17, 15) is 23.3 Å². The number of nitro groups is 1. The number of sulfonamides is 1. The second-order valence-electron chi connectivity index (χ2n) is 6.71. The maximum absolute atomic E-state index is 11.9. The molecule has 29 heavy (non-hydrogen) atoms. The van der Waals surface area contributed by atoms with Crippen LogP contribution in [0.4, 0.5) is 10.5 Å². The number of rotatable bonds is 5. The third kappa shape index (κ3) is 5.52. The number of carbonyl (C=O) groups excluding carboxylic acids is 1. The molecule has 9 nitrogen and oxygen atoms in total. The van der Waals surface area contributed by atoms with Gasteiger partial charge in [0.2, 0.25) is 10.0 Å². The van der Waals surface area contributed by atoms with E-state index in [1.165, 1.54) is 34.8 Å². The quantitative estimate of drug-likeness (QED) is 0.315. The van der Waals surface area contributed by atoms with Crippen LogP contribution in [-0.4, -0.2) is 43.1 Å². The first kappa shape index (κ1) is 20.7. The van der Waals surface area contributed by atoms with E-state index >= 15 is 0 Å². The number of ether oxygens (including phenoxy) is 2. The van der Waals surface area contributed by atoms with Gasteiger partial charge in [-0.05, 0) is 48.6 Å². The molecule has 0 N–H and O–H groups in total. The van der Waals surface area contributed by atoms with E-state index in [0.29, 0.717) is 18.8 Å². The van der Waals surface area contributed by atoms with Crippen molar-refractivity contribution in [1.82, 2.24) is 4.31 Å². The number of hydrogen-bond acceptors (Lipinski definition) is 7. The van der Waals surface area contributed by atoms with Gasteiger partial charge >= 0.3 is 6.16 Å². The van der Waals surface area contributed by atoms with Crippen LogP contribution in [0.25, 0.3) is 0 Å². The second-order valence-corrected chi connectivity index (χ2v) is 8.69. The average Bonchev–Trinajstić information content (AvgIpc) is 2.68. The third-order valence-corrected chi connectivity index (χ3v) is 6.03. The third-order valence-electron chi connectivity index (χ3n) is 4.72. The standard InChI is InChI=1S/C19H20N2O7S/c1-29(25,26)20-12-10-15(11-13-20)14-2-6-17(7-3-14)27-19(22)28-18-8-4-16(5-9-18)21(23)24/h2-9,15H,10-13H2,1H3. The molecular formula is C19H20N2O7S. The molecule has 0 atom stereocenters. The zero-order valence-corrected chi connectivity index (χ0v) is 16.5. The average molecular weight is 420 g/mol. The molecule has 0 unspecified atom stereocenters. The number of benzene rings is 2. The molecular weight excluding hydrogens is 400 g/mol. The monoisotopic (exact) mass is 420 g/mol. The summed E-state index contributed by atoms with van der Waals surface area (Å²) >= 11 is 0. The number of hydrogen-bond donors (Lipinski definition) is 0. The molecule has 1 heterocycles. The first-order valence-corrected chi connectivity index (χ1v) is 10.8. The maximum atomic E-state index is 11.9. The fourth-order valence-electron chi connectivity index (χ4n) is 3.18. The lowest BCUT2D eigenvalue weighted by Gasteiger charge is -2.30. The van der Waals surface area contributed by atoms with Gasteiger partial charge in [-0.15, -0.1) is 0 Å². The van der Waals surface area contributed by atoms with E-state index in [2.05, 4.69) is 0 Å². The molecule has 1 fully saturated rings. The molecule has 1 aliphatic heterocycles. The van der Waals surface area contributed by atoms with Crippen molar-refractivity contribution in [3.05, 3.63) is 64.2 Å². The van der Waals surface area contributed by atoms with Gasteiger partial charge in [0, 0.05) is 25.2 Å². The highest BCUT2D eigenvalue weighted by Crippen LogP contribution is 2.30. The molecule has 0 aromatic heterocycles. The van der Waals surface area contributed by atoms with E-state index in [1.54, 1.807) is 12.1 Å². The topological polar surface area (TPSA) is 116 Å². The first-order chi connectivity index (χ1) is 13.7. The van der Waals surface area contributed by atoms with Crippen molar-refractivity contribution in [3.63, 3.8) is 0 Å². The normalized spacial score (nSPS) is 15.6. The largest absolute Gasteiger partial charge is 0.519 e. The van der Waals surface area contributed by atoms with E-state index < -0.39 is 21.1 Å². The smallest absolute Gasteiger partial charge is 0.395 e. The van der Waals surface area contributed by atoms with Gasteiger partial charge < -0.3 is 9.47 Å². The van der Waals surface area contributed by atoms with Gasteiger partial charge in [-0.25, -0.2) is 17.5 Å².